The Morgan fingerprint density at radius 2 is 2.20 bits per heavy atom. The summed E-state index contributed by atoms with van der Waals surface area (Å²) >= 11 is 6.13. The number of aromatic nitrogens is 2. The van der Waals surface area contributed by atoms with Crippen LogP contribution in [-0.4, -0.2) is 16.9 Å². The molecule has 0 saturated heterocycles. The second kappa shape index (κ2) is 5.02. The molecular weight excluding hydrogens is 274 g/mol. The number of aryl methyl sites for hydroxylation is 1. The van der Waals surface area contributed by atoms with Crippen molar-refractivity contribution in [2.45, 2.75) is 19.3 Å². The number of hydrogen-bond donors (Lipinski definition) is 1. The second-order valence-electron chi connectivity index (χ2n) is 5.32. The van der Waals surface area contributed by atoms with Crippen LogP contribution < -0.4 is 10.5 Å². The minimum atomic E-state index is 0.654. The predicted molar refractivity (Wildman–Crippen MR) is 81.0 cm³/mol. The van der Waals surface area contributed by atoms with Crippen LogP contribution >= 0.6 is 11.6 Å². The first-order valence-corrected chi connectivity index (χ1v) is 7.13. The lowest BCUT2D eigenvalue weighted by molar-refractivity contribution is 0.416. The van der Waals surface area contributed by atoms with E-state index in [1.807, 2.05) is 25.2 Å². The Morgan fingerprint density at radius 1 is 1.45 bits per heavy atom. The zero-order chi connectivity index (χ0) is 14.3. The van der Waals surface area contributed by atoms with E-state index in [-0.39, 0.29) is 0 Å². The molecule has 0 radical (unpaired) electrons. The fourth-order valence-electron chi connectivity index (χ4n) is 2.50. The molecule has 0 bridgehead atoms. The van der Waals surface area contributed by atoms with E-state index in [9.17, 15) is 0 Å². The highest BCUT2D eigenvalue weighted by Crippen LogP contribution is 2.41. The van der Waals surface area contributed by atoms with Gasteiger partial charge in [0, 0.05) is 17.6 Å². The first-order chi connectivity index (χ1) is 9.60. The Hall–Kier alpha value is -1.68. The summed E-state index contributed by atoms with van der Waals surface area (Å²) in [6, 6.07) is 5.58. The van der Waals surface area contributed by atoms with Crippen LogP contribution in [0.1, 0.15) is 18.5 Å². The number of halogens is 1. The van der Waals surface area contributed by atoms with Gasteiger partial charge in [-0.2, -0.15) is 5.10 Å². The van der Waals surface area contributed by atoms with Crippen LogP contribution in [0.3, 0.4) is 0 Å². The monoisotopic (exact) mass is 291 g/mol. The van der Waals surface area contributed by atoms with Crippen LogP contribution in [0.25, 0.3) is 11.1 Å². The smallest absolute Gasteiger partial charge is 0.129 e. The zero-order valence-corrected chi connectivity index (χ0v) is 12.4. The molecule has 1 aliphatic rings. The summed E-state index contributed by atoms with van der Waals surface area (Å²) in [4.78, 5) is 0. The van der Waals surface area contributed by atoms with Crippen LogP contribution in [0.2, 0.25) is 5.02 Å². The first-order valence-electron chi connectivity index (χ1n) is 6.75. The summed E-state index contributed by atoms with van der Waals surface area (Å²) in [5.41, 5.74) is 9.12. The maximum Gasteiger partial charge on any atom is 0.129 e. The molecule has 1 heterocycles. The second-order valence-corrected chi connectivity index (χ2v) is 5.76. The first kappa shape index (κ1) is 13.3. The van der Waals surface area contributed by atoms with Crippen molar-refractivity contribution in [2.75, 3.05) is 12.8 Å². The SMILES string of the molecule is COc1ccc(Cl)cc1-c1c(CC2CC2)nn(C)c1N. The number of methoxy groups -OCH3 is 1. The van der Waals surface area contributed by atoms with Gasteiger partial charge < -0.3 is 10.5 Å². The molecule has 1 fully saturated rings. The molecule has 106 valence electrons. The molecule has 1 saturated carbocycles. The summed E-state index contributed by atoms with van der Waals surface area (Å²) in [6.45, 7) is 0. The highest BCUT2D eigenvalue weighted by atomic mass is 35.5. The molecule has 0 amide bonds. The lowest BCUT2D eigenvalue weighted by Gasteiger charge is -2.10. The molecule has 1 aromatic heterocycles. The van der Waals surface area contributed by atoms with Gasteiger partial charge in [0.1, 0.15) is 11.6 Å². The van der Waals surface area contributed by atoms with Crippen molar-refractivity contribution >= 4 is 17.4 Å². The van der Waals surface area contributed by atoms with Crippen LogP contribution in [0.15, 0.2) is 18.2 Å². The predicted octanol–water partition coefficient (Wildman–Crippen LogP) is 3.28. The molecule has 20 heavy (non-hydrogen) atoms. The van der Waals surface area contributed by atoms with Gasteiger partial charge in [-0.05, 0) is 43.4 Å². The number of hydrogen-bond acceptors (Lipinski definition) is 3. The fraction of sp³-hybridized carbons (Fsp3) is 0.400. The largest absolute Gasteiger partial charge is 0.496 e. The zero-order valence-electron chi connectivity index (χ0n) is 11.7. The lowest BCUT2D eigenvalue weighted by Crippen LogP contribution is -1.98. The minimum Gasteiger partial charge on any atom is -0.496 e. The third-order valence-electron chi connectivity index (χ3n) is 3.77. The molecular formula is C15H18ClN3O. The number of nitrogens with two attached hydrogens (primary N) is 1. The van der Waals surface area contributed by atoms with E-state index in [2.05, 4.69) is 5.10 Å². The Balaban J connectivity index is 2.14. The van der Waals surface area contributed by atoms with Crippen LogP contribution in [0.5, 0.6) is 5.75 Å². The van der Waals surface area contributed by atoms with Crippen molar-refractivity contribution in [3.63, 3.8) is 0 Å². The van der Waals surface area contributed by atoms with E-state index in [0.29, 0.717) is 10.8 Å². The van der Waals surface area contributed by atoms with Gasteiger partial charge in [-0.1, -0.05) is 11.6 Å². The number of rotatable bonds is 4. The molecule has 0 aliphatic heterocycles. The molecule has 3 rings (SSSR count). The van der Waals surface area contributed by atoms with Gasteiger partial charge in [-0.3, -0.25) is 4.68 Å². The van der Waals surface area contributed by atoms with E-state index in [1.165, 1.54) is 12.8 Å². The molecule has 0 spiro atoms. The average Bonchev–Trinajstić information content (AvgIpc) is 3.18. The number of ether oxygens (including phenoxy) is 1. The molecule has 2 N–H and O–H groups in total. The maximum atomic E-state index is 6.21. The van der Waals surface area contributed by atoms with Gasteiger partial charge in [0.2, 0.25) is 0 Å². The molecule has 2 aromatic rings. The molecule has 0 unspecified atom stereocenters. The summed E-state index contributed by atoms with van der Waals surface area (Å²) in [5, 5.41) is 5.23. The van der Waals surface area contributed by atoms with E-state index in [4.69, 9.17) is 22.1 Å². The van der Waals surface area contributed by atoms with Gasteiger partial charge in [0.15, 0.2) is 0 Å². The van der Waals surface area contributed by atoms with E-state index >= 15 is 0 Å². The summed E-state index contributed by atoms with van der Waals surface area (Å²) in [5.74, 6) is 2.17. The molecule has 1 aromatic carbocycles. The van der Waals surface area contributed by atoms with Crippen molar-refractivity contribution in [3.05, 3.63) is 28.9 Å². The minimum absolute atomic E-state index is 0.654. The van der Waals surface area contributed by atoms with E-state index in [1.54, 1.807) is 11.8 Å². The number of anilines is 1. The Bertz CT molecular complexity index is 647. The van der Waals surface area contributed by atoms with Crippen molar-refractivity contribution in [2.24, 2.45) is 13.0 Å². The van der Waals surface area contributed by atoms with E-state index < -0.39 is 0 Å². The normalized spacial score (nSPS) is 14.6. The van der Waals surface area contributed by atoms with Crippen molar-refractivity contribution in [1.29, 1.82) is 0 Å². The van der Waals surface area contributed by atoms with Crippen LogP contribution in [0, 0.1) is 5.92 Å². The van der Waals surface area contributed by atoms with Crippen LogP contribution in [0.4, 0.5) is 5.82 Å². The third-order valence-corrected chi connectivity index (χ3v) is 4.01. The van der Waals surface area contributed by atoms with Gasteiger partial charge in [0.25, 0.3) is 0 Å². The molecule has 4 nitrogen and oxygen atoms in total. The summed E-state index contributed by atoms with van der Waals surface area (Å²) in [6.07, 6.45) is 3.53. The quantitative estimate of drug-likeness (QED) is 0.940. The van der Waals surface area contributed by atoms with Gasteiger partial charge in [-0.25, -0.2) is 0 Å². The van der Waals surface area contributed by atoms with Crippen LogP contribution in [-0.2, 0) is 13.5 Å². The van der Waals surface area contributed by atoms with Gasteiger partial charge in [-0.15, -0.1) is 0 Å². The summed E-state index contributed by atoms with van der Waals surface area (Å²) < 4.78 is 7.17. The molecule has 0 atom stereocenters. The topological polar surface area (TPSA) is 53.1 Å². The Kier molecular flexibility index (Phi) is 3.34. The number of nitrogens with zero attached hydrogens (tertiary/aromatic N) is 2. The van der Waals surface area contributed by atoms with Gasteiger partial charge >= 0.3 is 0 Å². The molecule has 1 aliphatic carbocycles. The average molecular weight is 292 g/mol. The third kappa shape index (κ3) is 2.36. The van der Waals surface area contributed by atoms with E-state index in [0.717, 1.165) is 34.9 Å². The van der Waals surface area contributed by atoms with Crippen molar-refractivity contribution < 1.29 is 4.74 Å². The van der Waals surface area contributed by atoms with Gasteiger partial charge in [0.05, 0.1) is 18.4 Å². The number of nitrogen functional groups attached to an aromatic ring is 1. The van der Waals surface area contributed by atoms with Crippen molar-refractivity contribution in [1.82, 2.24) is 9.78 Å². The van der Waals surface area contributed by atoms with Crippen molar-refractivity contribution in [3.8, 4) is 16.9 Å². The standard InChI is InChI=1S/C15H18ClN3O/c1-19-15(17)14(12(18-19)7-9-3-4-9)11-8-10(16)5-6-13(11)20-2/h5-6,8-9H,3-4,7,17H2,1-2H3. The Morgan fingerprint density at radius 3 is 2.85 bits per heavy atom. The lowest BCUT2D eigenvalue weighted by atomic mass is 10.0. The number of benzene rings is 1. The molecule has 5 heteroatoms. The fourth-order valence-corrected chi connectivity index (χ4v) is 2.67. The maximum absolute atomic E-state index is 6.21. The summed E-state index contributed by atoms with van der Waals surface area (Å²) in [7, 11) is 3.52. The Labute approximate surface area is 123 Å². The highest BCUT2D eigenvalue weighted by Gasteiger charge is 2.27. The highest BCUT2D eigenvalue weighted by molar-refractivity contribution is 6.31.